The first-order chi connectivity index (χ1) is 15.3. The van der Waals surface area contributed by atoms with E-state index < -0.39 is 5.97 Å². The Balaban J connectivity index is 1.51. The van der Waals surface area contributed by atoms with Crippen LogP contribution in [0.25, 0.3) is 21.0 Å². The first-order valence-electron chi connectivity index (χ1n) is 11.0. The van der Waals surface area contributed by atoms with E-state index in [1.165, 1.54) is 0 Å². The van der Waals surface area contributed by atoms with Crippen molar-refractivity contribution in [1.29, 1.82) is 0 Å². The van der Waals surface area contributed by atoms with Crippen molar-refractivity contribution in [3.8, 4) is 26.8 Å². The highest BCUT2D eigenvalue weighted by Crippen LogP contribution is 2.35. The Hall–Kier alpha value is -2.77. The Kier molecular flexibility index (Phi) is 6.58. The van der Waals surface area contributed by atoms with Crippen LogP contribution in [0.15, 0.2) is 36.5 Å². The Bertz CT molecular complexity index is 1120. The molecule has 0 spiro atoms. The summed E-state index contributed by atoms with van der Waals surface area (Å²) in [5.74, 6) is -0.0484. The predicted octanol–water partition coefficient (Wildman–Crippen LogP) is 5.05. The molecule has 0 saturated carbocycles. The number of hydrogen-bond acceptors (Lipinski definition) is 6. The van der Waals surface area contributed by atoms with Crippen LogP contribution in [0.3, 0.4) is 0 Å². The van der Waals surface area contributed by atoms with Crippen molar-refractivity contribution in [3.05, 3.63) is 53.5 Å². The van der Waals surface area contributed by atoms with E-state index in [9.17, 15) is 4.79 Å². The zero-order valence-electron chi connectivity index (χ0n) is 19.0. The van der Waals surface area contributed by atoms with Gasteiger partial charge in [-0.2, -0.15) is 0 Å². The predicted molar refractivity (Wildman–Crippen MR) is 127 cm³/mol. The Morgan fingerprint density at radius 3 is 2.72 bits per heavy atom. The number of likely N-dealkylation sites (tertiary alicyclic amines) is 1. The lowest BCUT2D eigenvalue weighted by Crippen LogP contribution is -2.49. The van der Waals surface area contributed by atoms with E-state index in [-0.39, 0.29) is 12.0 Å². The third-order valence-electron chi connectivity index (χ3n) is 5.61. The average molecular weight is 452 g/mol. The molecule has 1 saturated heterocycles. The number of hydrogen-bond donors (Lipinski definition) is 1. The number of thiazole rings is 1. The van der Waals surface area contributed by atoms with Gasteiger partial charge in [0.2, 0.25) is 0 Å². The fourth-order valence-corrected chi connectivity index (χ4v) is 4.87. The van der Waals surface area contributed by atoms with Crippen LogP contribution in [0.2, 0.25) is 0 Å². The fraction of sp³-hybridized carbons (Fsp3) is 0.400. The zero-order valence-corrected chi connectivity index (χ0v) is 19.8. The molecule has 0 amide bonds. The minimum atomic E-state index is -0.711. The Morgan fingerprint density at radius 2 is 2.06 bits per heavy atom. The van der Waals surface area contributed by atoms with E-state index in [1.807, 2.05) is 32.2 Å². The first-order valence-corrected chi connectivity index (χ1v) is 11.8. The maximum absolute atomic E-state index is 11.0. The highest BCUT2D eigenvalue weighted by Gasteiger charge is 2.32. The van der Waals surface area contributed by atoms with Crippen LogP contribution in [0.1, 0.15) is 37.7 Å². The number of aliphatic carboxylic acids is 1. The van der Waals surface area contributed by atoms with Crippen LogP contribution < -0.4 is 4.74 Å². The molecular weight excluding hydrogens is 422 g/mol. The van der Waals surface area contributed by atoms with Gasteiger partial charge in [-0.25, -0.2) is 4.98 Å². The molecule has 0 bridgehead atoms. The molecule has 3 aromatic rings. The van der Waals surface area contributed by atoms with E-state index in [1.54, 1.807) is 11.3 Å². The minimum Gasteiger partial charge on any atom is -0.491 e. The van der Waals surface area contributed by atoms with Gasteiger partial charge in [-0.3, -0.25) is 14.7 Å². The average Bonchev–Trinajstić information content (AvgIpc) is 3.21. The standard InChI is InChI=1S/C25H29N3O3S/c1-5-21-20(8-7-19(27-21)14-28-12-18(13-28)25(29)30)23-11-26-24(32-23)17-6-9-22(16(4)10-17)31-15(2)3/h6-11,15,18H,5,12-14H2,1-4H3,(H,29,30). The molecule has 32 heavy (non-hydrogen) atoms. The van der Waals surface area contributed by atoms with Crippen LogP contribution in [-0.4, -0.2) is 45.1 Å². The third-order valence-corrected chi connectivity index (χ3v) is 6.69. The molecule has 0 radical (unpaired) electrons. The molecule has 0 aliphatic carbocycles. The van der Waals surface area contributed by atoms with Gasteiger partial charge in [-0.1, -0.05) is 6.92 Å². The summed E-state index contributed by atoms with van der Waals surface area (Å²) in [6, 6.07) is 10.4. The molecule has 4 rings (SSSR count). The number of nitrogens with zero attached hydrogens (tertiary/aromatic N) is 3. The highest BCUT2D eigenvalue weighted by molar-refractivity contribution is 7.18. The molecule has 168 valence electrons. The second-order valence-corrected chi connectivity index (χ2v) is 9.59. The quantitative estimate of drug-likeness (QED) is 0.517. The molecule has 1 N–H and O–H groups in total. The van der Waals surface area contributed by atoms with Gasteiger partial charge in [0, 0.05) is 42.7 Å². The van der Waals surface area contributed by atoms with Gasteiger partial charge >= 0.3 is 5.97 Å². The number of pyridine rings is 1. The number of benzene rings is 1. The molecule has 3 heterocycles. The van der Waals surface area contributed by atoms with Crippen molar-refractivity contribution >= 4 is 17.3 Å². The summed E-state index contributed by atoms with van der Waals surface area (Å²) in [5.41, 5.74) is 5.33. The second kappa shape index (κ2) is 9.38. The van der Waals surface area contributed by atoms with Gasteiger partial charge in [-0.05, 0) is 63.1 Å². The molecule has 6 nitrogen and oxygen atoms in total. The summed E-state index contributed by atoms with van der Waals surface area (Å²) in [6.07, 6.45) is 2.90. The summed E-state index contributed by atoms with van der Waals surface area (Å²) >= 11 is 1.67. The fourth-order valence-electron chi connectivity index (χ4n) is 3.91. The number of rotatable bonds is 8. The maximum atomic E-state index is 11.0. The number of carboxylic acids is 1. The molecule has 0 atom stereocenters. The van der Waals surface area contributed by atoms with Crippen LogP contribution in [0.5, 0.6) is 5.75 Å². The van der Waals surface area contributed by atoms with Crippen molar-refractivity contribution in [3.63, 3.8) is 0 Å². The SMILES string of the molecule is CCc1nc(CN2CC(C(=O)O)C2)ccc1-c1cnc(-c2ccc(OC(C)C)c(C)c2)s1. The van der Waals surface area contributed by atoms with Crippen LogP contribution >= 0.6 is 11.3 Å². The number of carboxylic acid groups (broad SMARTS) is 1. The number of aromatic nitrogens is 2. The lowest BCUT2D eigenvalue weighted by molar-refractivity contribution is -0.147. The highest BCUT2D eigenvalue weighted by atomic mass is 32.1. The summed E-state index contributed by atoms with van der Waals surface area (Å²) in [7, 11) is 0. The van der Waals surface area contributed by atoms with E-state index in [4.69, 9.17) is 14.8 Å². The second-order valence-electron chi connectivity index (χ2n) is 8.56. The van der Waals surface area contributed by atoms with Gasteiger partial charge in [0.15, 0.2) is 0 Å². The Labute approximate surface area is 192 Å². The minimum absolute atomic E-state index is 0.147. The smallest absolute Gasteiger partial charge is 0.309 e. The van der Waals surface area contributed by atoms with E-state index >= 15 is 0 Å². The molecular formula is C25H29N3O3S. The van der Waals surface area contributed by atoms with Gasteiger partial charge in [0.25, 0.3) is 0 Å². The third kappa shape index (κ3) is 4.84. The van der Waals surface area contributed by atoms with Gasteiger partial charge < -0.3 is 9.84 Å². The van der Waals surface area contributed by atoms with Gasteiger partial charge in [-0.15, -0.1) is 11.3 Å². The molecule has 1 aromatic carbocycles. The molecule has 0 unspecified atom stereocenters. The van der Waals surface area contributed by atoms with Crippen molar-refractivity contribution in [2.24, 2.45) is 5.92 Å². The summed E-state index contributed by atoms with van der Waals surface area (Å²) < 4.78 is 5.85. The zero-order chi connectivity index (χ0) is 22.8. The lowest BCUT2D eigenvalue weighted by atomic mass is 10.0. The topological polar surface area (TPSA) is 75.6 Å². The summed E-state index contributed by atoms with van der Waals surface area (Å²) in [4.78, 5) is 23.8. The number of aryl methyl sites for hydroxylation is 2. The summed E-state index contributed by atoms with van der Waals surface area (Å²) in [5, 5.41) is 10.0. The van der Waals surface area contributed by atoms with Crippen LogP contribution in [0.4, 0.5) is 0 Å². The van der Waals surface area contributed by atoms with Crippen molar-refractivity contribution < 1.29 is 14.6 Å². The number of carbonyl (C=O) groups is 1. The maximum Gasteiger partial charge on any atom is 0.309 e. The summed E-state index contributed by atoms with van der Waals surface area (Å²) in [6.45, 7) is 10.1. The van der Waals surface area contributed by atoms with Crippen LogP contribution in [-0.2, 0) is 17.8 Å². The van der Waals surface area contributed by atoms with Gasteiger partial charge in [0.1, 0.15) is 10.8 Å². The molecule has 7 heteroatoms. The van der Waals surface area contributed by atoms with Crippen molar-refractivity contribution in [2.45, 2.75) is 46.8 Å². The largest absolute Gasteiger partial charge is 0.491 e. The van der Waals surface area contributed by atoms with E-state index in [2.05, 4.69) is 41.9 Å². The molecule has 1 aliphatic rings. The van der Waals surface area contributed by atoms with Crippen molar-refractivity contribution in [1.82, 2.24) is 14.9 Å². The van der Waals surface area contributed by atoms with E-state index in [0.717, 1.165) is 50.1 Å². The molecule has 2 aromatic heterocycles. The normalized spacial score (nSPS) is 14.5. The number of ether oxygens (including phenoxy) is 1. The van der Waals surface area contributed by atoms with Crippen LogP contribution in [0, 0.1) is 12.8 Å². The molecule has 1 fully saturated rings. The van der Waals surface area contributed by atoms with Crippen molar-refractivity contribution in [2.75, 3.05) is 13.1 Å². The monoisotopic (exact) mass is 451 g/mol. The van der Waals surface area contributed by atoms with Gasteiger partial charge in [0.05, 0.1) is 22.6 Å². The lowest BCUT2D eigenvalue weighted by Gasteiger charge is -2.36. The molecule has 1 aliphatic heterocycles. The Morgan fingerprint density at radius 1 is 1.28 bits per heavy atom. The first kappa shape index (κ1) is 22.4. The van der Waals surface area contributed by atoms with E-state index in [0.29, 0.717) is 19.6 Å².